The third kappa shape index (κ3) is 3.46. The van der Waals surface area contributed by atoms with Gasteiger partial charge in [-0.15, -0.1) is 0 Å². The molecule has 0 aromatic rings. The fraction of sp³-hybridized carbons (Fsp3) is 0.800. The summed E-state index contributed by atoms with van der Waals surface area (Å²) in [5, 5.41) is 2.60. The molecule has 0 bridgehead atoms. The third-order valence-electron chi connectivity index (χ3n) is 2.76. The van der Waals surface area contributed by atoms with Gasteiger partial charge in [-0.05, 0) is 25.9 Å². The van der Waals surface area contributed by atoms with Gasteiger partial charge in [0.1, 0.15) is 6.29 Å². The predicted molar refractivity (Wildman–Crippen MR) is 53.9 cm³/mol. The average Bonchev–Trinajstić information content (AvgIpc) is 2.26. The predicted octanol–water partition coefficient (Wildman–Crippen LogP) is 0.0334. The van der Waals surface area contributed by atoms with Crippen LogP contribution in [0.2, 0.25) is 0 Å². The van der Waals surface area contributed by atoms with Crippen molar-refractivity contribution in [2.24, 2.45) is 5.92 Å². The highest BCUT2D eigenvalue weighted by Gasteiger charge is 2.18. The van der Waals surface area contributed by atoms with Crippen LogP contribution in [0.5, 0.6) is 0 Å². The Morgan fingerprint density at radius 2 is 2.14 bits per heavy atom. The second kappa shape index (κ2) is 5.75. The van der Waals surface area contributed by atoms with Crippen molar-refractivity contribution in [1.29, 1.82) is 0 Å². The Morgan fingerprint density at radius 1 is 1.50 bits per heavy atom. The molecule has 1 fully saturated rings. The summed E-state index contributed by atoms with van der Waals surface area (Å²) in [6.07, 6.45) is 3.49. The number of carbonyl (C=O) groups excluding carboxylic acids is 2. The molecule has 4 nitrogen and oxygen atoms in total. The fourth-order valence-corrected chi connectivity index (χ4v) is 1.70. The Balaban J connectivity index is 2.16. The van der Waals surface area contributed by atoms with Crippen LogP contribution in [0.25, 0.3) is 0 Å². The molecule has 0 radical (unpaired) electrons. The van der Waals surface area contributed by atoms with Gasteiger partial charge in [-0.3, -0.25) is 4.79 Å². The monoisotopic (exact) mass is 198 g/mol. The van der Waals surface area contributed by atoms with Crippen LogP contribution >= 0.6 is 0 Å². The van der Waals surface area contributed by atoms with Gasteiger partial charge in [0.05, 0.1) is 0 Å². The van der Waals surface area contributed by atoms with Gasteiger partial charge in [0.15, 0.2) is 0 Å². The molecule has 0 aromatic carbocycles. The summed E-state index contributed by atoms with van der Waals surface area (Å²) in [5.41, 5.74) is 0. The molecule has 4 heteroatoms. The smallest absolute Gasteiger partial charge is 0.221 e. The van der Waals surface area contributed by atoms with E-state index in [1.165, 1.54) is 0 Å². The lowest BCUT2D eigenvalue weighted by Gasteiger charge is -2.29. The van der Waals surface area contributed by atoms with E-state index < -0.39 is 0 Å². The normalized spacial score (nSPS) is 19.2. The van der Waals surface area contributed by atoms with Crippen molar-refractivity contribution in [3.8, 4) is 0 Å². The van der Waals surface area contributed by atoms with E-state index in [4.69, 9.17) is 0 Å². The lowest BCUT2D eigenvalue weighted by Crippen LogP contribution is -2.36. The van der Waals surface area contributed by atoms with Crippen LogP contribution in [-0.4, -0.2) is 43.8 Å². The number of carbonyl (C=O) groups is 2. The second-order valence-corrected chi connectivity index (χ2v) is 3.74. The molecule has 0 spiro atoms. The summed E-state index contributed by atoms with van der Waals surface area (Å²) in [4.78, 5) is 23.7. The Kier molecular flexibility index (Phi) is 4.59. The highest BCUT2D eigenvalue weighted by Crippen LogP contribution is 2.14. The number of piperidine rings is 1. The minimum atomic E-state index is 0.0857. The van der Waals surface area contributed by atoms with Gasteiger partial charge >= 0.3 is 0 Å². The molecular weight excluding hydrogens is 180 g/mol. The summed E-state index contributed by atoms with van der Waals surface area (Å²) in [7, 11) is 1.65. The molecule has 1 saturated heterocycles. The van der Waals surface area contributed by atoms with Crippen molar-refractivity contribution < 1.29 is 9.59 Å². The van der Waals surface area contributed by atoms with Gasteiger partial charge in [-0.2, -0.15) is 0 Å². The van der Waals surface area contributed by atoms with Crippen LogP contribution in [-0.2, 0) is 9.59 Å². The minimum absolute atomic E-state index is 0.0857. The Morgan fingerprint density at radius 3 is 2.64 bits per heavy atom. The highest BCUT2D eigenvalue weighted by molar-refractivity contribution is 5.75. The number of nitrogens with one attached hydrogen (secondary N) is 1. The Bertz CT molecular complexity index is 198. The van der Waals surface area contributed by atoms with Crippen LogP contribution in [0.1, 0.15) is 19.3 Å². The van der Waals surface area contributed by atoms with Crippen molar-refractivity contribution >= 4 is 12.2 Å². The summed E-state index contributed by atoms with van der Waals surface area (Å²) < 4.78 is 0. The molecule has 0 atom stereocenters. The topological polar surface area (TPSA) is 49.4 Å². The van der Waals surface area contributed by atoms with E-state index in [9.17, 15) is 9.59 Å². The molecule has 1 amide bonds. The molecule has 0 aromatic heterocycles. The minimum Gasteiger partial charge on any atom is -0.359 e. The zero-order chi connectivity index (χ0) is 10.4. The van der Waals surface area contributed by atoms with E-state index in [-0.39, 0.29) is 11.8 Å². The number of rotatable bonds is 4. The van der Waals surface area contributed by atoms with E-state index in [1.807, 2.05) is 0 Å². The second-order valence-electron chi connectivity index (χ2n) is 3.74. The first-order valence-electron chi connectivity index (χ1n) is 5.14. The number of nitrogens with zero attached hydrogens (tertiary/aromatic N) is 1. The molecule has 1 aliphatic rings. The van der Waals surface area contributed by atoms with Gasteiger partial charge in [-0.1, -0.05) is 0 Å². The SMILES string of the molecule is CNC(=O)CCN1CCC(C=O)CC1. The van der Waals surface area contributed by atoms with E-state index in [0.29, 0.717) is 6.42 Å². The maximum absolute atomic E-state index is 11.0. The molecule has 1 rings (SSSR count). The zero-order valence-electron chi connectivity index (χ0n) is 8.66. The first-order valence-corrected chi connectivity index (χ1v) is 5.14. The van der Waals surface area contributed by atoms with Crippen molar-refractivity contribution in [1.82, 2.24) is 10.2 Å². The highest BCUT2D eigenvalue weighted by atomic mass is 16.1. The first-order chi connectivity index (χ1) is 6.76. The Hall–Kier alpha value is -0.900. The molecular formula is C10H18N2O2. The molecule has 1 aliphatic heterocycles. The van der Waals surface area contributed by atoms with E-state index in [1.54, 1.807) is 7.05 Å². The number of hydrogen-bond donors (Lipinski definition) is 1. The third-order valence-corrected chi connectivity index (χ3v) is 2.76. The average molecular weight is 198 g/mol. The fourth-order valence-electron chi connectivity index (χ4n) is 1.70. The number of likely N-dealkylation sites (tertiary alicyclic amines) is 1. The molecule has 14 heavy (non-hydrogen) atoms. The lowest BCUT2D eigenvalue weighted by atomic mass is 9.98. The van der Waals surface area contributed by atoms with Crippen molar-refractivity contribution in [2.45, 2.75) is 19.3 Å². The summed E-state index contributed by atoms with van der Waals surface area (Å²) >= 11 is 0. The van der Waals surface area contributed by atoms with Crippen molar-refractivity contribution in [2.75, 3.05) is 26.7 Å². The number of aldehydes is 1. The molecule has 0 unspecified atom stereocenters. The van der Waals surface area contributed by atoms with Crippen LogP contribution in [0.3, 0.4) is 0 Å². The summed E-state index contributed by atoms with van der Waals surface area (Å²) in [6.45, 7) is 2.70. The van der Waals surface area contributed by atoms with Crippen LogP contribution < -0.4 is 5.32 Å². The lowest BCUT2D eigenvalue weighted by molar-refractivity contribution is -0.121. The molecule has 1 heterocycles. The molecule has 1 N–H and O–H groups in total. The van der Waals surface area contributed by atoms with Gasteiger partial charge in [0, 0.05) is 25.9 Å². The van der Waals surface area contributed by atoms with Gasteiger partial charge in [0.25, 0.3) is 0 Å². The van der Waals surface area contributed by atoms with Gasteiger partial charge < -0.3 is 15.0 Å². The number of hydrogen-bond acceptors (Lipinski definition) is 3. The van der Waals surface area contributed by atoms with Gasteiger partial charge in [-0.25, -0.2) is 0 Å². The van der Waals surface area contributed by atoms with Crippen LogP contribution in [0, 0.1) is 5.92 Å². The molecule has 0 saturated carbocycles. The number of amides is 1. The quantitative estimate of drug-likeness (QED) is 0.649. The maximum atomic E-state index is 11.0. The zero-order valence-corrected chi connectivity index (χ0v) is 8.66. The van der Waals surface area contributed by atoms with E-state index in [0.717, 1.165) is 38.8 Å². The van der Waals surface area contributed by atoms with Crippen LogP contribution in [0.4, 0.5) is 0 Å². The van der Waals surface area contributed by atoms with Crippen LogP contribution in [0.15, 0.2) is 0 Å². The first kappa shape index (κ1) is 11.2. The van der Waals surface area contributed by atoms with Crippen molar-refractivity contribution in [3.63, 3.8) is 0 Å². The Labute approximate surface area is 84.7 Å². The summed E-state index contributed by atoms with van der Waals surface area (Å²) in [5.74, 6) is 0.328. The molecule has 0 aliphatic carbocycles. The van der Waals surface area contributed by atoms with E-state index >= 15 is 0 Å². The van der Waals surface area contributed by atoms with Gasteiger partial charge in [0.2, 0.25) is 5.91 Å². The summed E-state index contributed by atoms with van der Waals surface area (Å²) in [6, 6.07) is 0. The standard InChI is InChI=1S/C10H18N2O2/c1-11-10(14)4-7-12-5-2-9(8-13)3-6-12/h8-9H,2-7H2,1H3,(H,11,14). The van der Waals surface area contributed by atoms with E-state index in [2.05, 4.69) is 10.2 Å². The van der Waals surface area contributed by atoms with Crippen molar-refractivity contribution in [3.05, 3.63) is 0 Å². The largest absolute Gasteiger partial charge is 0.359 e. The maximum Gasteiger partial charge on any atom is 0.221 e. The molecule has 80 valence electrons.